The Bertz CT molecular complexity index is 444. The van der Waals surface area contributed by atoms with Crippen molar-refractivity contribution in [2.75, 3.05) is 20.2 Å². The van der Waals surface area contributed by atoms with Crippen LogP contribution in [0.4, 0.5) is 0 Å². The third kappa shape index (κ3) is 4.71. The molecule has 0 bridgehead atoms. The van der Waals surface area contributed by atoms with Crippen LogP contribution in [0.25, 0.3) is 0 Å². The Morgan fingerprint density at radius 1 is 1.40 bits per heavy atom. The van der Waals surface area contributed by atoms with Crippen molar-refractivity contribution in [2.24, 2.45) is 5.92 Å². The zero-order valence-electron chi connectivity index (χ0n) is 12.0. The summed E-state index contributed by atoms with van der Waals surface area (Å²) in [5, 5.41) is 0.660. The summed E-state index contributed by atoms with van der Waals surface area (Å²) in [6, 6.07) is 7.31. The van der Waals surface area contributed by atoms with Gasteiger partial charge < -0.3 is 9.64 Å². The molecule has 1 amide bonds. The van der Waals surface area contributed by atoms with E-state index in [4.69, 9.17) is 16.3 Å². The van der Waals surface area contributed by atoms with Gasteiger partial charge in [0.05, 0.1) is 6.54 Å². The summed E-state index contributed by atoms with van der Waals surface area (Å²) in [7, 11) is 1.85. The molecule has 1 aromatic carbocycles. The number of hydrogen-bond acceptors (Lipinski definition) is 2. The van der Waals surface area contributed by atoms with E-state index >= 15 is 0 Å². The van der Waals surface area contributed by atoms with Crippen molar-refractivity contribution in [3.05, 3.63) is 29.3 Å². The molecule has 0 spiro atoms. The van der Waals surface area contributed by atoms with Gasteiger partial charge in [-0.15, -0.1) is 0 Å². The van der Waals surface area contributed by atoms with Crippen molar-refractivity contribution in [3.8, 4) is 5.75 Å². The Morgan fingerprint density at radius 2 is 2.15 bits per heavy atom. The van der Waals surface area contributed by atoms with Crippen LogP contribution in [0.5, 0.6) is 5.75 Å². The molecule has 1 fully saturated rings. The van der Waals surface area contributed by atoms with Crippen LogP contribution in [0, 0.1) is 5.92 Å². The van der Waals surface area contributed by atoms with Gasteiger partial charge in [0.1, 0.15) is 12.4 Å². The average Bonchev–Trinajstić information content (AvgIpc) is 2.91. The van der Waals surface area contributed by atoms with E-state index in [9.17, 15) is 4.79 Å². The first-order chi connectivity index (χ1) is 9.65. The Morgan fingerprint density at radius 3 is 2.85 bits per heavy atom. The summed E-state index contributed by atoms with van der Waals surface area (Å²) in [5.41, 5.74) is 0. The SMILES string of the molecule is CN(CCOc1cccc(Cl)c1)C(=O)CC1CCCC1. The number of likely N-dealkylation sites (N-methyl/N-ethyl adjacent to an activating group) is 1. The van der Waals surface area contributed by atoms with Gasteiger partial charge in [0.25, 0.3) is 0 Å². The number of benzene rings is 1. The minimum absolute atomic E-state index is 0.228. The summed E-state index contributed by atoms with van der Waals surface area (Å²) >= 11 is 5.89. The number of carbonyl (C=O) groups excluding carboxylic acids is 1. The molecule has 20 heavy (non-hydrogen) atoms. The van der Waals surface area contributed by atoms with E-state index in [0.717, 1.165) is 5.75 Å². The number of hydrogen-bond donors (Lipinski definition) is 0. The van der Waals surface area contributed by atoms with E-state index in [1.165, 1.54) is 25.7 Å². The lowest BCUT2D eigenvalue weighted by Gasteiger charge is -2.19. The Balaban J connectivity index is 1.68. The van der Waals surface area contributed by atoms with E-state index < -0.39 is 0 Å². The van der Waals surface area contributed by atoms with Gasteiger partial charge in [-0.05, 0) is 37.0 Å². The van der Waals surface area contributed by atoms with Gasteiger partial charge in [-0.25, -0.2) is 0 Å². The highest BCUT2D eigenvalue weighted by Crippen LogP contribution is 2.27. The highest BCUT2D eigenvalue weighted by Gasteiger charge is 2.20. The average molecular weight is 296 g/mol. The van der Waals surface area contributed by atoms with Gasteiger partial charge in [0.15, 0.2) is 0 Å². The monoisotopic (exact) mass is 295 g/mol. The van der Waals surface area contributed by atoms with E-state index in [1.807, 2.05) is 25.2 Å². The zero-order chi connectivity index (χ0) is 14.4. The highest BCUT2D eigenvalue weighted by atomic mass is 35.5. The molecular formula is C16H22ClNO2. The fourth-order valence-corrected chi connectivity index (χ4v) is 2.78. The quantitative estimate of drug-likeness (QED) is 0.800. The van der Waals surface area contributed by atoms with E-state index in [1.54, 1.807) is 11.0 Å². The molecule has 2 rings (SSSR count). The molecule has 1 aliphatic carbocycles. The first kappa shape index (κ1) is 15.2. The molecule has 1 saturated carbocycles. The largest absolute Gasteiger partial charge is 0.492 e. The standard InChI is InChI=1S/C16H22ClNO2/c1-18(16(19)11-13-5-2-3-6-13)9-10-20-15-8-4-7-14(17)12-15/h4,7-8,12-13H,2-3,5-6,9-11H2,1H3. The molecule has 3 nitrogen and oxygen atoms in total. The number of carbonyl (C=O) groups is 1. The number of ether oxygens (including phenoxy) is 1. The van der Waals surface area contributed by atoms with Crippen molar-refractivity contribution in [2.45, 2.75) is 32.1 Å². The van der Waals surface area contributed by atoms with Crippen LogP contribution in [0.2, 0.25) is 5.02 Å². The van der Waals surface area contributed by atoms with Crippen LogP contribution < -0.4 is 4.74 Å². The van der Waals surface area contributed by atoms with Crippen LogP contribution in [0.15, 0.2) is 24.3 Å². The lowest BCUT2D eigenvalue weighted by atomic mass is 10.0. The predicted octanol–water partition coefficient (Wildman–Crippen LogP) is 3.76. The van der Waals surface area contributed by atoms with Crippen molar-refractivity contribution in [1.82, 2.24) is 4.90 Å². The molecule has 110 valence electrons. The molecule has 0 aromatic heterocycles. The highest BCUT2D eigenvalue weighted by molar-refractivity contribution is 6.30. The molecule has 0 saturated heterocycles. The summed E-state index contributed by atoms with van der Waals surface area (Å²) in [6.45, 7) is 1.10. The third-order valence-electron chi connectivity index (χ3n) is 3.86. The van der Waals surface area contributed by atoms with E-state index in [2.05, 4.69) is 0 Å². The second-order valence-corrected chi connectivity index (χ2v) is 5.91. The molecule has 4 heteroatoms. The van der Waals surface area contributed by atoms with Gasteiger partial charge in [-0.1, -0.05) is 30.5 Å². The number of halogens is 1. The zero-order valence-corrected chi connectivity index (χ0v) is 12.7. The van der Waals surface area contributed by atoms with Crippen LogP contribution >= 0.6 is 11.6 Å². The van der Waals surface area contributed by atoms with Crippen LogP contribution in [-0.2, 0) is 4.79 Å². The van der Waals surface area contributed by atoms with Crippen LogP contribution in [0.1, 0.15) is 32.1 Å². The Labute approximate surface area is 125 Å². The smallest absolute Gasteiger partial charge is 0.222 e. The van der Waals surface area contributed by atoms with Gasteiger partial charge in [-0.2, -0.15) is 0 Å². The molecule has 0 unspecified atom stereocenters. The van der Waals surface area contributed by atoms with Crippen molar-refractivity contribution in [3.63, 3.8) is 0 Å². The summed E-state index contributed by atoms with van der Waals surface area (Å²) in [4.78, 5) is 13.8. The Kier molecular flexibility index (Phi) is 5.72. The second-order valence-electron chi connectivity index (χ2n) is 5.48. The first-order valence-electron chi connectivity index (χ1n) is 7.27. The molecule has 1 aromatic rings. The fourth-order valence-electron chi connectivity index (χ4n) is 2.60. The lowest BCUT2D eigenvalue weighted by molar-refractivity contribution is -0.131. The number of amides is 1. The van der Waals surface area contributed by atoms with Gasteiger partial charge >= 0.3 is 0 Å². The van der Waals surface area contributed by atoms with Crippen molar-refractivity contribution < 1.29 is 9.53 Å². The molecule has 0 heterocycles. The lowest BCUT2D eigenvalue weighted by Crippen LogP contribution is -2.31. The predicted molar refractivity (Wildman–Crippen MR) is 81.2 cm³/mol. The summed E-state index contributed by atoms with van der Waals surface area (Å²) in [5.74, 6) is 1.57. The van der Waals surface area contributed by atoms with E-state index in [0.29, 0.717) is 30.5 Å². The molecule has 1 aliphatic rings. The third-order valence-corrected chi connectivity index (χ3v) is 4.09. The number of rotatable bonds is 6. The maximum absolute atomic E-state index is 12.0. The second kappa shape index (κ2) is 7.53. The van der Waals surface area contributed by atoms with Crippen LogP contribution in [-0.4, -0.2) is 31.0 Å². The van der Waals surface area contributed by atoms with Crippen LogP contribution in [0.3, 0.4) is 0 Å². The minimum atomic E-state index is 0.228. The van der Waals surface area contributed by atoms with E-state index in [-0.39, 0.29) is 5.91 Å². The minimum Gasteiger partial charge on any atom is -0.492 e. The molecular weight excluding hydrogens is 274 g/mol. The first-order valence-corrected chi connectivity index (χ1v) is 7.65. The summed E-state index contributed by atoms with van der Waals surface area (Å²) < 4.78 is 5.60. The fraction of sp³-hybridized carbons (Fsp3) is 0.562. The maximum Gasteiger partial charge on any atom is 0.222 e. The van der Waals surface area contributed by atoms with Gasteiger partial charge in [0, 0.05) is 18.5 Å². The number of nitrogens with zero attached hydrogens (tertiary/aromatic N) is 1. The van der Waals surface area contributed by atoms with Crippen molar-refractivity contribution in [1.29, 1.82) is 0 Å². The molecule has 0 N–H and O–H groups in total. The topological polar surface area (TPSA) is 29.5 Å². The maximum atomic E-state index is 12.0. The Hall–Kier alpha value is -1.22. The summed E-state index contributed by atoms with van der Waals surface area (Å²) in [6.07, 6.45) is 5.66. The molecule has 0 radical (unpaired) electrons. The van der Waals surface area contributed by atoms with Gasteiger partial charge in [0.2, 0.25) is 5.91 Å². The molecule has 0 atom stereocenters. The normalized spacial score (nSPS) is 15.3. The van der Waals surface area contributed by atoms with Gasteiger partial charge in [-0.3, -0.25) is 4.79 Å². The van der Waals surface area contributed by atoms with Crippen molar-refractivity contribution >= 4 is 17.5 Å². The molecule has 0 aliphatic heterocycles.